The summed E-state index contributed by atoms with van der Waals surface area (Å²) in [5.41, 5.74) is -0.281. The molecule has 2 unspecified atom stereocenters. The molecule has 0 aromatic heterocycles. The van der Waals surface area contributed by atoms with Gasteiger partial charge in [-0.3, -0.25) is 0 Å². The van der Waals surface area contributed by atoms with Crippen molar-refractivity contribution in [3.8, 4) is 0 Å². The monoisotopic (exact) mass is 272 g/mol. The Balaban J connectivity index is 2.74. The van der Waals surface area contributed by atoms with E-state index in [1.54, 1.807) is 13.0 Å². The third-order valence-electron chi connectivity index (χ3n) is 4.07. The molecule has 0 spiro atoms. The van der Waals surface area contributed by atoms with Gasteiger partial charge in [-0.15, -0.1) is 0 Å². The van der Waals surface area contributed by atoms with E-state index in [0.29, 0.717) is 0 Å². The zero-order valence-corrected chi connectivity index (χ0v) is 11.3. The molecular formula is C16H16O4. The van der Waals surface area contributed by atoms with Gasteiger partial charge in [0.1, 0.15) is 0 Å². The van der Waals surface area contributed by atoms with Crippen LogP contribution < -0.4 is 0 Å². The molecule has 1 aromatic carbocycles. The second-order valence-electron chi connectivity index (χ2n) is 5.12. The van der Waals surface area contributed by atoms with Crippen molar-refractivity contribution in [3.05, 3.63) is 59.2 Å². The Morgan fingerprint density at radius 1 is 1.10 bits per heavy atom. The molecule has 2 N–H and O–H groups in total. The maximum atomic E-state index is 11.6. The molecule has 4 nitrogen and oxygen atoms in total. The largest absolute Gasteiger partial charge is 0.478 e. The van der Waals surface area contributed by atoms with Gasteiger partial charge in [0.2, 0.25) is 0 Å². The minimum absolute atomic E-state index is 0.0637. The first kappa shape index (κ1) is 14.1. The molecule has 2 rings (SSSR count). The van der Waals surface area contributed by atoms with Crippen LogP contribution in [-0.2, 0) is 15.0 Å². The number of carbonyl (C=O) groups is 2. The Morgan fingerprint density at radius 2 is 1.70 bits per heavy atom. The minimum atomic E-state index is -1.22. The molecule has 4 heteroatoms. The predicted octanol–water partition coefficient (Wildman–Crippen LogP) is 2.62. The standard InChI is InChI=1S/C16H16O4/c1-10-8-9-12(14(17)18)13(15(19)20)16(10,2)11-6-4-3-5-7-11/h3-10H,1-2H3,(H,17,18)(H,19,20). The number of benzene rings is 1. The smallest absolute Gasteiger partial charge is 0.336 e. The Labute approximate surface area is 117 Å². The van der Waals surface area contributed by atoms with Gasteiger partial charge in [-0.05, 0) is 11.5 Å². The van der Waals surface area contributed by atoms with Crippen LogP contribution in [0.25, 0.3) is 0 Å². The normalized spacial score (nSPS) is 25.6. The average Bonchev–Trinajstić information content (AvgIpc) is 2.41. The summed E-state index contributed by atoms with van der Waals surface area (Å²) in [5.74, 6) is -2.52. The summed E-state index contributed by atoms with van der Waals surface area (Å²) < 4.78 is 0. The Hall–Kier alpha value is -2.36. The molecular weight excluding hydrogens is 256 g/mol. The molecule has 0 aliphatic heterocycles. The van der Waals surface area contributed by atoms with Crippen molar-refractivity contribution >= 4 is 11.9 Å². The highest BCUT2D eigenvalue weighted by Gasteiger charge is 2.44. The van der Waals surface area contributed by atoms with Crippen molar-refractivity contribution in [1.29, 1.82) is 0 Å². The lowest BCUT2D eigenvalue weighted by molar-refractivity contribution is -0.136. The highest BCUT2D eigenvalue weighted by molar-refractivity contribution is 6.03. The average molecular weight is 272 g/mol. The molecule has 0 radical (unpaired) electrons. The van der Waals surface area contributed by atoms with E-state index in [4.69, 9.17) is 0 Å². The van der Waals surface area contributed by atoms with Crippen LogP contribution >= 0.6 is 0 Å². The zero-order valence-electron chi connectivity index (χ0n) is 11.3. The third-order valence-corrected chi connectivity index (χ3v) is 4.07. The molecule has 0 saturated heterocycles. The fourth-order valence-corrected chi connectivity index (χ4v) is 2.73. The number of allylic oxidation sites excluding steroid dienone is 1. The first-order chi connectivity index (χ1) is 9.39. The molecule has 0 fully saturated rings. The van der Waals surface area contributed by atoms with Gasteiger partial charge in [-0.1, -0.05) is 56.3 Å². The van der Waals surface area contributed by atoms with Crippen LogP contribution in [0.2, 0.25) is 0 Å². The van der Waals surface area contributed by atoms with Crippen LogP contribution in [0, 0.1) is 5.92 Å². The number of carboxylic acids is 2. The first-order valence-corrected chi connectivity index (χ1v) is 6.34. The summed E-state index contributed by atoms with van der Waals surface area (Å²) in [4.78, 5) is 23.0. The van der Waals surface area contributed by atoms with Gasteiger partial charge in [0, 0.05) is 5.41 Å². The number of carboxylic acid groups (broad SMARTS) is 2. The van der Waals surface area contributed by atoms with Crippen LogP contribution in [0.1, 0.15) is 19.4 Å². The number of hydrogen-bond acceptors (Lipinski definition) is 2. The van der Waals surface area contributed by atoms with E-state index >= 15 is 0 Å². The third kappa shape index (κ3) is 2.03. The summed E-state index contributed by atoms with van der Waals surface area (Å²) in [6.07, 6.45) is 3.14. The van der Waals surface area contributed by atoms with Gasteiger partial charge < -0.3 is 10.2 Å². The Morgan fingerprint density at radius 3 is 2.20 bits per heavy atom. The van der Waals surface area contributed by atoms with Crippen molar-refractivity contribution < 1.29 is 19.8 Å². The predicted molar refractivity (Wildman–Crippen MR) is 74.4 cm³/mol. The minimum Gasteiger partial charge on any atom is -0.478 e. The number of aliphatic carboxylic acids is 2. The van der Waals surface area contributed by atoms with Crippen LogP contribution in [0.15, 0.2) is 53.6 Å². The summed E-state index contributed by atoms with van der Waals surface area (Å²) in [6.45, 7) is 3.67. The van der Waals surface area contributed by atoms with E-state index in [-0.39, 0.29) is 17.1 Å². The van der Waals surface area contributed by atoms with Crippen molar-refractivity contribution in [2.45, 2.75) is 19.3 Å². The zero-order chi connectivity index (χ0) is 14.9. The quantitative estimate of drug-likeness (QED) is 0.887. The Kier molecular flexibility index (Phi) is 3.49. The molecule has 1 aliphatic carbocycles. The molecule has 1 aromatic rings. The maximum Gasteiger partial charge on any atom is 0.336 e. The summed E-state index contributed by atoms with van der Waals surface area (Å²) in [5, 5.41) is 18.8. The number of hydrogen-bond donors (Lipinski definition) is 2. The molecule has 104 valence electrons. The second-order valence-corrected chi connectivity index (χ2v) is 5.12. The Bertz CT molecular complexity index is 613. The van der Waals surface area contributed by atoms with Gasteiger partial charge in [0.05, 0.1) is 11.1 Å². The lowest BCUT2D eigenvalue weighted by atomic mass is 9.63. The van der Waals surface area contributed by atoms with E-state index in [1.165, 1.54) is 6.08 Å². The fourth-order valence-electron chi connectivity index (χ4n) is 2.73. The highest BCUT2D eigenvalue weighted by atomic mass is 16.4. The lowest BCUT2D eigenvalue weighted by Gasteiger charge is -2.38. The molecule has 0 heterocycles. The van der Waals surface area contributed by atoms with E-state index < -0.39 is 17.4 Å². The van der Waals surface area contributed by atoms with E-state index in [2.05, 4.69) is 0 Å². The van der Waals surface area contributed by atoms with E-state index in [0.717, 1.165) is 5.56 Å². The van der Waals surface area contributed by atoms with Crippen molar-refractivity contribution in [3.63, 3.8) is 0 Å². The SMILES string of the molecule is CC1C=CC(C(=O)O)=C(C(=O)O)C1(C)c1ccccc1. The van der Waals surface area contributed by atoms with Gasteiger partial charge >= 0.3 is 11.9 Å². The van der Waals surface area contributed by atoms with Crippen LogP contribution in [0.5, 0.6) is 0 Å². The van der Waals surface area contributed by atoms with Crippen molar-refractivity contribution in [2.75, 3.05) is 0 Å². The molecule has 0 bridgehead atoms. The summed E-state index contributed by atoms with van der Waals surface area (Å²) in [7, 11) is 0. The number of rotatable bonds is 3. The molecule has 20 heavy (non-hydrogen) atoms. The van der Waals surface area contributed by atoms with Crippen molar-refractivity contribution in [1.82, 2.24) is 0 Å². The molecule has 2 atom stereocenters. The molecule has 1 aliphatic rings. The molecule has 0 saturated carbocycles. The molecule has 0 amide bonds. The fraction of sp³-hybridized carbons (Fsp3) is 0.250. The summed E-state index contributed by atoms with van der Waals surface area (Å²) in [6, 6.07) is 9.16. The maximum absolute atomic E-state index is 11.6. The summed E-state index contributed by atoms with van der Waals surface area (Å²) >= 11 is 0. The van der Waals surface area contributed by atoms with Gasteiger partial charge in [-0.2, -0.15) is 0 Å². The lowest BCUT2D eigenvalue weighted by Crippen LogP contribution is -2.39. The second kappa shape index (κ2) is 4.96. The van der Waals surface area contributed by atoms with Gasteiger partial charge in [-0.25, -0.2) is 9.59 Å². The highest BCUT2D eigenvalue weighted by Crippen LogP contribution is 2.44. The van der Waals surface area contributed by atoms with Crippen LogP contribution in [-0.4, -0.2) is 22.2 Å². The topological polar surface area (TPSA) is 74.6 Å². The van der Waals surface area contributed by atoms with Crippen LogP contribution in [0.3, 0.4) is 0 Å². The van der Waals surface area contributed by atoms with Gasteiger partial charge in [0.25, 0.3) is 0 Å². The van der Waals surface area contributed by atoms with Crippen molar-refractivity contribution in [2.24, 2.45) is 5.92 Å². The van der Waals surface area contributed by atoms with Gasteiger partial charge in [0.15, 0.2) is 0 Å². The van der Waals surface area contributed by atoms with Crippen LogP contribution in [0.4, 0.5) is 0 Å². The van der Waals surface area contributed by atoms with E-state index in [1.807, 2.05) is 37.3 Å². The first-order valence-electron chi connectivity index (χ1n) is 6.34. The van der Waals surface area contributed by atoms with E-state index in [9.17, 15) is 19.8 Å².